The van der Waals surface area contributed by atoms with Crippen molar-refractivity contribution in [3.63, 3.8) is 0 Å². The fourth-order valence-corrected chi connectivity index (χ4v) is 4.80. The van der Waals surface area contributed by atoms with Crippen LogP contribution in [0, 0.1) is 0 Å². The summed E-state index contributed by atoms with van der Waals surface area (Å²) in [5.74, 6) is -0.173. The van der Waals surface area contributed by atoms with Gasteiger partial charge in [-0.3, -0.25) is 9.79 Å². The summed E-state index contributed by atoms with van der Waals surface area (Å²) in [6, 6.07) is 12.7. The average molecular weight is 489 g/mol. The van der Waals surface area contributed by atoms with Crippen molar-refractivity contribution >= 4 is 39.7 Å². The van der Waals surface area contributed by atoms with E-state index in [0.29, 0.717) is 57.1 Å². The molecule has 2 amide bonds. The number of amides is 2. The van der Waals surface area contributed by atoms with E-state index in [4.69, 9.17) is 16.2 Å². The first-order valence-electron chi connectivity index (χ1n) is 11.3. The Balaban J connectivity index is 1.68. The van der Waals surface area contributed by atoms with Gasteiger partial charge in [0, 0.05) is 32.7 Å². The number of nitrogens with zero attached hydrogens (tertiary/aromatic N) is 3. The van der Waals surface area contributed by atoms with E-state index in [2.05, 4.69) is 9.71 Å². The van der Waals surface area contributed by atoms with Crippen molar-refractivity contribution in [1.29, 1.82) is 0 Å². The van der Waals surface area contributed by atoms with Gasteiger partial charge in [-0.1, -0.05) is 30.3 Å². The van der Waals surface area contributed by atoms with Gasteiger partial charge in [-0.15, -0.1) is 0 Å². The van der Waals surface area contributed by atoms with Crippen LogP contribution in [0.3, 0.4) is 0 Å². The number of rotatable bonds is 9. The van der Waals surface area contributed by atoms with Crippen molar-refractivity contribution in [2.45, 2.75) is 30.7 Å². The highest BCUT2D eigenvalue weighted by atomic mass is 32.2. The van der Waals surface area contributed by atoms with Crippen LogP contribution in [0.5, 0.6) is 0 Å². The van der Waals surface area contributed by atoms with Crippen molar-refractivity contribution in [2.24, 2.45) is 16.5 Å². The highest BCUT2D eigenvalue weighted by molar-refractivity contribution is 7.83. The normalized spacial score (nSPS) is 15.6. The van der Waals surface area contributed by atoms with Crippen molar-refractivity contribution in [2.75, 3.05) is 39.3 Å². The first-order chi connectivity index (χ1) is 16.4. The molecule has 1 fully saturated rings. The van der Waals surface area contributed by atoms with Crippen molar-refractivity contribution in [3.05, 3.63) is 42.5 Å². The SMILES string of the molecule is CCOC(=O)N1CCN(C(=O)[C@H](CCCN=C(N)N)NS(=O)c2ccc3ccccc3c2)CC1. The maximum atomic E-state index is 13.3. The molecule has 1 heterocycles. The molecule has 1 aliphatic heterocycles. The lowest BCUT2D eigenvalue weighted by Crippen LogP contribution is -2.55. The van der Waals surface area contributed by atoms with E-state index < -0.39 is 17.0 Å². The third kappa shape index (κ3) is 6.91. The van der Waals surface area contributed by atoms with Crippen LogP contribution in [0.4, 0.5) is 4.79 Å². The Morgan fingerprint density at radius 1 is 1.09 bits per heavy atom. The summed E-state index contributed by atoms with van der Waals surface area (Å²) in [6.07, 6.45) is 0.574. The average Bonchev–Trinajstić information content (AvgIpc) is 2.85. The van der Waals surface area contributed by atoms with Crippen molar-refractivity contribution in [3.8, 4) is 0 Å². The Labute approximate surface area is 201 Å². The van der Waals surface area contributed by atoms with Gasteiger partial charge in [0.05, 0.1) is 17.5 Å². The molecule has 2 atom stereocenters. The van der Waals surface area contributed by atoms with E-state index >= 15 is 0 Å². The zero-order valence-corrected chi connectivity index (χ0v) is 20.1. The van der Waals surface area contributed by atoms with E-state index in [-0.39, 0.29) is 18.0 Å². The molecule has 0 radical (unpaired) electrons. The quantitative estimate of drug-likeness (QED) is 0.275. The van der Waals surface area contributed by atoms with Crippen LogP contribution >= 0.6 is 0 Å². The lowest BCUT2D eigenvalue weighted by Gasteiger charge is -2.35. The monoisotopic (exact) mass is 488 g/mol. The fraction of sp³-hybridized carbons (Fsp3) is 0.435. The third-order valence-corrected chi connectivity index (χ3v) is 6.73. The number of aliphatic imine (C=N–C) groups is 1. The molecule has 11 heteroatoms. The zero-order chi connectivity index (χ0) is 24.5. The van der Waals surface area contributed by atoms with Gasteiger partial charge in [-0.25, -0.2) is 13.7 Å². The number of nitrogens with one attached hydrogen (secondary N) is 1. The van der Waals surface area contributed by atoms with Crippen LogP contribution in [0.2, 0.25) is 0 Å². The minimum absolute atomic E-state index is 0.00865. The topological polar surface area (TPSA) is 143 Å². The summed E-state index contributed by atoms with van der Waals surface area (Å²) in [4.78, 5) is 33.1. The van der Waals surface area contributed by atoms with Gasteiger partial charge in [-0.2, -0.15) is 0 Å². The van der Waals surface area contributed by atoms with E-state index in [1.807, 2.05) is 36.4 Å². The molecule has 0 saturated carbocycles. The number of fused-ring (bicyclic) bond motifs is 1. The maximum Gasteiger partial charge on any atom is 0.409 e. The van der Waals surface area contributed by atoms with E-state index in [1.165, 1.54) is 0 Å². The summed E-state index contributed by atoms with van der Waals surface area (Å²) >= 11 is 0. The number of nitrogens with two attached hydrogens (primary N) is 2. The molecule has 1 aliphatic rings. The Morgan fingerprint density at radius 3 is 2.44 bits per heavy atom. The molecule has 3 rings (SSSR count). The van der Waals surface area contributed by atoms with Crippen LogP contribution in [0.1, 0.15) is 19.8 Å². The first-order valence-corrected chi connectivity index (χ1v) is 12.5. The third-order valence-electron chi connectivity index (χ3n) is 5.55. The molecule has 1 unspecified atom stereocenters. The van der Waals surface area contributed by atoms with Gasteiger partial charge in [-0.05, 0) is 42.7 Å². The fourth-order valence-electron chi connectivity index (χ4n) is 3.76. The number of piperazine rings is 1. The van der Waals surface area contributed by atoms with E-state index in [1.54, 1.807) is 22.8 Å². The molecule has 34 heavy (non-hydrogen) atoms. The number of guanidine groups is 1. The summed E-state index contributed by atoms with van der Waals surface area (Å²) in [7, 11) is -1.59. The van der Waals surface area contributed by atoms with Crippen molar-refractivity contribution in [1.82, 2.24) is 14.5 Å². The minimum Gasteiger partial charge on any atom is -0.450 e. The second kappa shape index (κ2) is 12.3. The summed E-state index contributed by atoms with van der Waals surface area (Å²) in [6.45, 7) is 3.97. The Hall–Kier alpha value is -3.18. The van der Waals surface area contributed by atoms with Gasteiger partial charge < -0.3 is 26.0 Å². The number of carbonyl (C=O) groups excluding carboxylic acids is 2. The summed E-state index contributed by atoms with van der Waals surface area (Å²) in [5, 5.41) is 2.02. The molecule has 10 nitrogen and oxygen atoms in total. The van der Waals surface area contributed by atoms with Gasteiger partial charge >= 0.3 is 6.09 Å². The molecule has 0 aliphatic carbocycles. The standard InChI is InChI=1S/C23H32N6O4S/c1-2-33-23(31)29-14-12-28(13-15-29)21(30)20(8-5-11-26-22(24)25)27-34(32)19-10-9-17-6-3-4-7-18(17)16-19/h3-4,6-7,9-10,16,20,27H,2,5,8,11-15H2,1H3,(H4,24,25,26)/t20-,34?/m0/s1. The van der Waals surface area contributed by atoms with Gasteiger partial charge in [0.2, 0.25) is 5.91 Å². The largest absolute Gasteiger partial charge is 0.450 e. The maximum absolute atomic E-state index is 13.3. The molecule has 2 aromatic rings. The zero-order valence-electron chi connectivity index (χ0n) is 19.3. The van der Waals surface area contributed by atoms with Crippen LogP contribution < -0.4 is 16.2 Å². The van der Waals surface area contributed by atoms with Crippen LogP contribution in [-0.4, -0.2) is 77.3 Å². The molecular formula is C23H32N6O4S. The Morgan fingerprint density at radius 2 is 1.76 bits per heavy atom. The molecule has 5 N–H and O–H groups in total. The second-order valence-electron chi connectivity index (χ2n) is 7.91. The lowest BCUT2D eigenvalue weighted by atomic mass is 10.1. The van der Waals surface area contributed by atoms with Gasteiger partial charge in [0.15, 0.2) is 5.96 Å². The van der Waals surface area contributed by atoms with E-state index in [0.717, 1.165) is 10.8 Å². The molecule has 2 aromatic carbocycles. The lowest BCUT2D eigenvalue weighted by molar-refractivity contribution is -0.134. The Bertz CT molecular complexity index is 1050. The van der Waals surface area contributed by atoms with Gasteiger partial charge in [0.25, 0.3) is 0 Å². The molecule has 0 aromatic heterocycles. The van der Waals surface area contributed by atoms with Crippen molar-refractivity contribution < 1.29 is 18.5 Å². The smallest absolute Gasteiger partial charge is 0.409 e. The number of benzene rings is 2. The number of hydrogen-bond acceptors (Lipinski definition) is 5. The Kier molecular flexibility index (Phi) is 9.23. The van der Waals surface area contributed by atoms with Crippen LogP contribution in [0.25, 0.3) is 10.8 Å². The molecule has 0 bridgehead atoms. The molecular weight excluding hydrogens is 456 g/mol. The first kappa shape index (κ1) is 25.4. The predicted molar refractivity (Wildman–Crippen MR) is 132 cm³/mol. The number of carbonyl (C=O) groups is 2. The predicted octanol–water partition coefficient (Wildman–Crippen LogP) is 1.17. The highest BCUT2D eigenvalue weighted by Gasteiger charge is 2.30. The number of ether oxygens (including phenoxy) is 1. The molecule has 0 spiro atoms. The molecule has 184 valence electrons. The van der Waals surface area contributed by atoms with E-state index in [9.17, 15) is 13.8 Å². The van der Waals surface area contributed by atoms with Crippen LogP contribution in [-0.2, 0) is 20.5 Å². The molecule has 1 saturated heterocycles. The summed E-state index contributed by atoms with van der Waals surface area (Å²) in [5.41, 5.74) is 10.8. The number of hydrogen-bond donors (Lipinski definition) is 3. The minimum atomic E-state index is -1.59. The van der Waals surface area contributed by atoms with Crippen LogP contribution in [0.15, 0.2) is 52.4 Å². The second-order valence-corrected chi connectivity index (χ2v) is 9.15. The highest BCUT2D eigenvalue weighted by Crippen LogP contribution is 2.18. The van der Waals surface area contributed by atoms with Gasteiger partial charge in [0.1, 0.15) is 11.0 Å². The summed E-state index contributed by atoms with van der Waals surface area (Å²) < 4.78 is 21.2.